The molecule has 0 unspecified atom stereocenters. The second kappa shape index (κ2) is 3.42. The highest BCUT2D eigenvalue weighted by atomic mass is 16.3. The first kappa shape index (κ1) is 8.83. The number of phenols is 2. The Hall–Kier alpha value is -1.26. The van der Waals surface area contributed by atoms with E-state index in [1.54, 1.807) is 0 Å². The van der Waals surface area contributed by atoms with Gasteiger partial charge < -0.3 is 21.1 Å². The molecule has 0 aliphatic carbocycles. The van der Waals surface area contributed by atoms with Crippen molar-refractivity contribution in [2.24, 2.45) is 5.73 Å². The quantitative estimate of drug-likeness (QED) is 0.472. The normalized spacial score (nSPS) is 12.8. The summed E-state index contributed by atoms with van der Waals surface area (Å²) >= 11 is 0. The van der Waals surface area contributed by atoms with Gasteiger partial charge in [0.2, 0.25) is 0 Å². The van der Waals surface area contributed by atoms with E-state index in [-0.39, 0.29) is 23.6 Å². The van der Waals surface area contributed by atoms with Gasteiger partial charge >= 0.3 is 0 Å². The molecule has 5 N–H and O–H groups in total. The van der Waals surface area contributed by atoms with Gasteiger partial charge in [-0.3, -0.25) is 0 Å². The maximum Gasteiger partial charge on any atom is 0.121 e. The van der Waals surface area contributed by atoms with Crippen LogP contribution in [0.2, 0.25) is 0 Å². The number of benzene rings is 1. The molecule has 0 heterocycles. The molecular weight excluding hydrogens is 158 g/mol. The lowest BCUT2D eigenvalue weighted by Crippen LogP contribution is -2.11. The number of aromatic hydroxyl groups is 2. The zero-order valence-electron chi connectivity index (χ0n) is 6.44. The fourth-order valence-electron chi connectivity index (χ4n) is 0.936. The molecule has 4 heteroatoms. The molecule has 1 atom stereocenters. The monoisotopic (exact) mass is 169 g/mol. The van der Waals surface area contributed by atoms with E-state index in [9.17, 15) is 10.2 Å². The Morgan fingerprint density at radius 3 is 2.58 bits per heavy atom. The van der Waals surface area contributed by atoms with Gasteiger partial charge in [0.1, 0.15) is 11.5 Å². The third kappa shape index (κ3) is 1.66. The van der Waals surface area contributed by atoms with Crippen LogP contribution in [-0.4, -0.2) is 21.9 Å². The second-order valence-corrected chi connectivity index (χ2v) is 2.49. The van der Waals surface area contributed by atoms with Crippen molar-refractivity contribution < 1.29 is 15.3 Å². The zero-order valence-corrected chi connectivity index (χ0v) is 6.44. The molecule has 1 rings (SSSR count). The standard InChI is InChI=1S/C8H11NO3/c9-4-8(12)6-3-5(10)1-2-7(6)11/h1-3,8,10-12H,4,9H2/t8-/m0/s1. The van der Waals surface area contributed by atoms with Crippen LogP contribution < -0.4 is 5.73 Å². The van der Waals surface area contributed by atoms with Crippen LogP contribution in [0.4, 0.5) is 0 Å². The molecule has 0 saturated heterocycles. The fraction of sp³-hybridized carbons (Fsp3) is 0.250. The summed E-state index contributed by atoms with van der Waals surface area (Å²) in [5.41, 5.74) is 5.43. The van der Waals surface area contributed by atoms with Crippen molar-refractivity contribution in [2.45, 2.75) is 6.10 Å². The number of hydrogen-bond acceptors (Lipinski definition) is 4. The number of phenolic OH excluding ortho intramolecular Hbond substituents is 2. The number of aliphatic hydroxyl groups excluding tert-OH is 1. The van der Waals surface area contributed by atoms with Crippen molar-refractivity contribution in [3.8, 4) is 11.5 Å². The van der Waals surface area contributed by atoms with Crippen molar-refractivity contribution in [1.29, 1.82) is 0 Å². The number of aliphatic hydroxyl groups is 1. The molecule has 0 aromatic heterocycles. The number of hydrogen-bond donors (Lipinski definition) is 4. The Kier molecular flexibility index (Phi) is 2.52. The van der Waals surface area contributed by atoms with Crippen LogP contribution in [0.1, 0.15) is 11.7 Å². The molecule has 0 spiro atoms. The van der Waals surface area contributed by atoms with Gasteiger partial charge in [-0.05, 0) is 18.2 Å². The van der Waals surface area contributed by atoms with Gasteiger partial charge in [0.15, 0.2) is 0 Å². The summed E-state index contributed by atoms with van der Waals surface area (Å²) < 4.78 is 0. The van der Waals surface area contributed by atoms with Gasteiger partial charge in [0.25, 0.3) is 0 Å². The first-order chi connectivity index (χ1) is 5.65. The smallest absolute Gasteiger partial charge is 0.121 e. The summed E-state index contributed by atoms with van der Waals surface area (Å²) in [6, 6.07) is 3.93. The molecule has 0 aliphatic rings. The summed E-state index contributed by atoms with van der Waals surface area (Å²) in [4.78, 5) is 0. The van der Waals surface area contributed by atoms with Crippen LogP contribution in [0.25, 0.3) is 0 Å². The van der Waals surface area contributed by atoms with E-state index in [0.717, 1.165) is 0 Å². The highest BCUT2D eigenvalue weighted by molar-refractivity contribution is 5.40. The summed E-state index contributed by atoms with van der Waals surface area (Å²) in [5, 5.41) is 27.5. The van der Waals surface area contributed by atoms with Crippen molar-refractivity contribution in [2.75, 3.05) is 6.54 Å². The van der Waals surface area contributed by atoms with Gasteiger partial charge in [-0.1, -0.05) is 0 Å². The average molecular weight is 169 g/mol. The predicted molar refractivity (Wildman–Crippen MR) is 43.8 cm³/mol. The summed E-state index contributed by atoms with van der Waals surface area (Å²) in [5.74, 6) is -0.0685. The molecule has 0 bridgehead atoms. The summed E-state index contributed by atoms with van der Waals surface area (Å²) in [7, 11) is 0. The highest BCUT2D eigenvalue weighted by Crippen LogP contribution is 2.26. The van der Waals surface area contributed by atoms with Crippen LogP contribution in [0.3, 0.4) is 0 Å². The van der Waals surface area contributed by atoms with Crippen LogP contribution in [-0.2, 0) is 0 Å². The Morgan fingerprint density at radius 1 is 1.33 bits per heavy atom. The van der Waals surface area contributed by atoms with Gasteiger partial charge in [-0.2, -0.15) is 0 Å². The first-order valence-corrected chi connectivity index (χ1v) is 3.55. The molecule has 12 heavy (non-hydrogen) atoms. The maximum absolute atomic E-state index is 9.24. The minimum atomic E-state index is -0.933. The summed E-state index contributed by atoms with van der Waals surface area (Å²) in [6.45, 7) is 0.0109. The van der Waals surface area contributed by atoms with Crippen molar-refractivity contribution in [3.63, 3.8) is 0 Å². The predicted octanol–water partition coefficient (Wildman–Crippen LogP) is 0.0899. The first-order valence-electron chi connectivity index (χ1n) is 3.55. The van der Waals surface area contributed by atoms with E-state index in [2.05, 4.69) is 0 Å². The lowest BCUT2D eigenvalue weighted by Gasteiger charge is -2.09. The molecule has 0 amide bonds. The number of nitrogens with two attached hydrogens (primary N) is 1. The van der Waals surface area contributed by atoms with E-state index in [4.69, 9.17) is 10.8 Å². The third-order valence-electron chi connectivity index (χ3n) is 1.59. The van der Waals surface area contributed by atoms with E-state index >= 15 is 0 Å². The molecule has 66 valence electrons. The SMILES string of the molecule is NC[C@H](O)c1cc(O)ccc1O. The van der Waals surface area contributed by atoms with Crippen LogP contribution in [0.5, 0.6) is 11.5 Å². The average Bonchev–Trinajstić information content (AvgIpc) is 2.08. The number of rotatable bonds is 2. The van der Waals surface area contributed by atoms with Crippen molar-refractivity contribution in [1.82, 2.24) is 0 Å². The molecule has 0 aliphatic heterocycles. The Morgan fingerprint density at radius 2 is 2.00 bits per heavy atom. The van der Waals surface area contributed by atoms with Crippen molar-refractivity contribution in [3.05, 3.63) is 23.8 Å². The Labute approximate surface area is 69.9 Å². The lowest BCUT2D eigenvalue weighted by molar-refractivity contribution is 0.182. The zero-order chi connectivity index (χ0) is 9.14. The van der Waals surface area contributed by atoms with E-state index < -0.39 is 6.10 Å². The Balaban J connectivity index is 3.04. The summed E-state index contributed by atoms with van der Waals surface area (Å²) in [6.07, 6.45) is -0.933. The van der Waals surface area contributed by atoms with Crippen LogP contribution >= 0.6 is 0 Å². The van der Waals surface area contributed by atoms with E-state index in [0.29, 0.717) is 0 Å². The molecule has 0 saturated carbocycles. The van der Waals surface area contributed by atoms with Crippen LogP contribution in [0.15, 0.2) is 18.2 Å². The molecular formula is C8H11NO3. The molecule has 1 aromatic carbocycles. The minimum absolute atomic E-state index is 0.00435. The fourth-order valence-corrected chi connectivity index (χ4v) is 0.936. The minimum Gasteiger partial charge on any atom is -0.508 e. The van der Waals surface area contributed by atoms with E-state index in [1.807, 2.05) is 0 Å². The molecule has 4 nitrogen and oxygen atoms in total. The topological polar surface area (TPSA) is 86.7 Å². The van der Waals surface area contributed by atoms with Crippen molar-refractivity contribution >= 4 is 0 Å². The van der Waals surface area contributed by atoms with Gasteiger partial charge in [-0.15, -0.1) is 0 Å². The highest BCUT2D eigenvalue weighted by Gasteiger charge is 2.10. The molecule has 0 fully saturated rings. The van der Waals surface area contributed by atoms with Gasteiger partial charge in [0, 0.05) is 12.1 Å². The molecule has 0 radical (unpaired) electrons. The maximum atomic E-state index is 9.24. The van der Waals surface area contributed by atoms with Crippen LogP contribution in [0, 0.1) is 0 Å². The third-order valence-corrected chi connectivity index (χ3v) is 1.59. The lowest BCUT2D eigenvalue weighted by atomic mass is 10.1. The largest absolute Gasteiger partial charge is 0.508 e. The Bertz CT molecular complexity index is 275. The molecule has 1 aromatic rings. The van der Waals surface area contributed by atoms with E-state index in [1.165, 1.54) is 18.2 Å². The second-order valence-electron chi connectivity index (χ2n) is 2.49. The van der Waals surface area contributed by atoms with Gasteiger partial charge in [-0.25, -0.2) is 0 Å². The van der Waals surface area contributed by atoms with Gasteiger partial charge in [0.05, 0.1) is 6.10 Å².